The Labute approximate surface area is 581 Å². The van der Waals surface area contributed by atoms with E-state index in [1.54, 1.807) is 11.3 Å². The average Bonchev–Trinajstić information content (AvgIpc) is 1.52. The van der Waals surface area contributed by atoms with Crippen LogP contribution in [0.4, 0.5) is 8.78 Å². The smallest absolute Gasteiger partial charge is 0.169 e. The van der Waals surface area contributed by atoms with E-state index in [9.17, 15) is 0 Å². The van der Waals surface area contributed by atoms with Gasteiger partial charge in [0.05, 0.1) is 63.9 Å². The Hall–Kier alpha value is -6.48. The van der Waals surface area contributed by atoms with Crippen LogP contribution in [0.2, 0.25) is 0 Å². The highest BCUT2D eigenvalue weighted by atomic mass is 32.1. The van der Waals surface area contributed by atoms with Gasteiger partial charge in [-0.05, 0) is 148 Å². The molecule has 13 rings (SSSR count). The first kappa shape index (κ1) is 67.1. The number of rotatable bonds is 37. The van der Waals surface area contributed by atoms with Gasteiger partial charge in [-0.25, -0.2) is 8.78 Å². The third-order valence-corrected chi connectivity index (χ3v) is 25.0. The van der Waals surface area contributed by atoms with Crippen LogP contribution in [0.15, 0.2) is 133 Å². The maximum Gasteiger partial charge on any atom is 0.169 e. The summed E-state index contributed by atoms with van der Waals surface area (Å²) >= 11 is 7.97. The Kier molecular flexibility index (Phi) is 22.2. The van der Waals surface area contributed by atoms with Gasteiger partial charge in [-0.15, -0.1) is 45.3 Å². The highest BCUT2D eigenvalue weighted by molar-refractivity contribution is 7.31. The highest BCUT2D eigenvalue weighted by Gasteiger charge is 2.54. The topological polar surface area (TPSA) is 62.7 Å². The minimum absolute atomic E-state index is 0.155. The zero-order chi connectivity index (χ0) is 65.1. The summed E-state index contributed by atoms with van der Waals surface area (Å²) in [6.45, 7) is 11.7. The molecule has 0 saturated carbocycles. The maximum absolute atomic E-state index is 16.6. The number of halogens is 2. The van der Waals surface area contributed by atoms with Crippen LogP contribution < -0.4 is 18.9 Å². The fourth-order valence-corrected chi connectivity index (χ4v) is 20.7. The summed E-state index contributed by atoms with van der Waals surface area (Å²) < 4.78 is 72.2. The standard InChI is InChI=1S/C82H90F2N2O4S5/c1-5-9-13-17-21-25-46-87-59-37-29-55(30-38-59)81(56-31-39-60(40-32-56)88-47-26-22-18-14-10-6-2)65-52-64-66(51-63(65)77-73(81)79-69(92-77)45-50-91-79)82(57-33-41-61(42-34-57)89-48-27-23-19-15-11-7-3,58-35-43-62(44-36-58)90-49-28-24-20-16-12-8-4)74-78(64)94-71-54-70(93-80(71)74)72-75(84)67(83)53-68-76(72)86-95-85-68/h29-45,50-54H,5-28,46-49H2,1-4H3. The molecule has 2 aliphatic carbocycles. The molecule has 6 aromatic carbocycles. The van der Waals surface area contributed by atoms with Crippen LogP contribution in [0.5, 0.6) is 23.0 Å². The van der Waals surface area contributed by atoms with Crippen molar-refractivity contribution in [2.24, 2.45) is 0 Å². The molecule has 0 amide bonds. The number of ether oxygens (including phenoxy) is 4. The molecule has 0 radical (unpaired) electrons. The zero-order valence-electron chi connectivity index (χ0n) is 55.8. The number of nitrogens with zero attached hydrogens (tertiary/aromatic N) is 2. The van der Waals surface area contributed by atoms with E-state index in [2.05, 4.69) is 163 Å². The molecule has 496 valence electrons. The first-order chi connectivity index (χ1) is 46.8. The van der Waals surface area contributed by atoms with E-state index < -0.39 is 22.5 Å². The summed E-state index contributed by atoms with van der Waals surface area (Å²) in [4.78, 5) is 3.04. The number of thiophene rings is 4. The molecule has 13 heteroatoms. The van der Waals surface area contributed by atoms with Crippen LogP contribution in [0.25, 0.3) is 61.2 Å². The van der Waals surface area contributed by atoms with Gasteiger partial charge < -0.3 is 18.9 Å². The maximum atomic E-state index is 16.6. The fraction of sp³-hybridized carbons (Fsp3) is 0.415. The molecular weight excluding hydrogens is 1280 g/mol. The second-order valence-electron chi connectivity index (χ2n) is 26.2. The van der Waals surface area contributed by atoms with Crippen LogP contribution in [-0.4, -0.2) is 35.2 Å². The van der Waals surface area contributed by atoms with Gasteiger partial charge >= 0.3 is 0 Å². The molecule has 0 spiro atoms. The minimum atomic E-state index is -0.932. The van der Waals surface area contributed by atoms with Crippen LogP contribution in [0, 0.1) is 11.6 Å². The van der Waals surface area contributed by atoms with E-state index in [0.717, 1.165) is 116 Å². The van der Waals surface area contributed by atoms with Gasteiger partial charge in [-0.1, -0.05) is 205 Å². The van der Waals surface area contributed by atoms with Gasteiger partial charge in [0.1, 0.15) is 34.0 Å². The summed E-state index contributed by atoms with van der Waals surface area (Å²) in [7, 11) is 0. The lowest BCUT2D eigenvalue weighted by Gasteiger charge is -2.35. The monoisotopic (exact) mass is 1360 g/mol. The largest absolute Gasteiger partial charge is 0.494 e. The van der Waals surface area contributed by atoms with Crippen molar-refractivity contribution in [3.63, 3.8) is 0 Å². The second kappa shape index (κ2) is 31.4. The lowest BCUT2D eigenvalue weighted by atomic mass is 9.66. The number of hydrogen-bond acceptors (Lipinski definition) is 11. The molecule has 5 aromatic heterocycles. The molecule has 0 bridgehead atoms. The Morgan fingerprint density at radius 2 is 0.768 bits per heavy atom. The Morgan fingerprint density at radius 1 is 0.389 bits per heavy atom. The zero-order valence-corrected chi connectivity index (χ0v) is 59.9. The number of benzene rings is 6. The molecule has 95 heavy (non-hydrogen) atoms. The van der Waals surface area contributed by atoms with Crippen molar-refractivity contribution in [3.8, 4) is 54.3 Å². The van der Waals surface area contributed by atoms with Gasteiger partial charge in [0.25, 0.3) is 0 Å². The molecule has 5 heterocycles. The van der Waals surface area contributed by atoms with E-state index in [1.807, 2.05) is 22.7 Å². The minimum Gasteiger partial charge on any atom is -0.494 e. The van der Waals surface area contributed by atoms with E-state index in [4.69, 9.17) is 18.9 Å². The predicted octanol–water partition coefficient (Wildman–Crippen LogP) is 25.9. The Bertz CT molecular complexity index is 4190. The Morgan fingerprint density at radius 3 is 1.18 bits per heavy atom. The van der Waals surface area contributed by atoms with Crippen molar-refractivity contribution >= 4 is 86.9 Å². The normalized spacial score (nSPS) is 13.5. The number of aromatic nitrogens is 2. The van der Waals surface area contributed by atoms with Gasteiger partial charge in [0.15, 0.2) is 11.6 Å². The quantitative estimate of drug-likeness (QED) is 0.0362. The second-order valence-corrected chi connectivity index (χ2v) is 30.8. The van der Waals surface area contributed by atoms with E-state index >= 15 is 8.78 Å². The Balaban J connectivity index is 0.999. The van der Waals surface area contributed by atoms with Gasteiger partial charge in [0, 0.05) is 41.2 Å². The molecular formula is C82H90F2N2O4S5. The number of fused-ring (bicyclic) bond motifs is 11. The van der Waals surface area contributed by atoms with Crippen LogP contribution >= 0.6 is 57.1 Å². The molecule has 0 fully saturated rings. The van der Waals surface area contributed by atoms with Crippen LogP contribution in [0.3, 0.4) is 0 Å². The van der Waals surface area contributed by atoms with Crippen molar-refractivity contribution < 1.29 is 27.7 Å². The van der Waals surface area contributed by atoms with E-state index in [1.165, 1.54) is 175 Å². The average molecular weight is 1370 g/mol. The molecule has 0 saturated heterocycles. The van der Waals surface area contributed by atoms with Crippen LogP contribution in [-0.2, 0) is 10.8 Å². The number of hydrogen-bond donors (Lipinski definition) is 0. The van der Waals surface area contributed by atoms with Gasteiger partial charge in [-0.2, -0.15) is 8.75 Å². The lowest BCUT2D eigenvalue weighted by molar-refractivity contribution is 0.304. The van der Waals surface area contributed by atoms with Gasteiger partial charge in [-0.3, -0.25) is 0 Å². The third-order valence-electron chi connectivity index (χ3n) is 19.8. The third kappa shape index (κ3) is 13.5. The molecule has 0 atom stereocenters. The summed E-state index contributed by atoms with van der Waals surface area (Å²) in [6, 6.07) is 46.5. The summed E-state index contributed by atoms with van der Waals surface area (Å²) in [5.74, 6) is 1.59. The molecule has 2 aliphatic rings. The molecule has 11 aromatic rings. The summed E-state index contributed by atoms with van der Waals surface area (Å²) in [6.07, 6.45) is 28.7. The van der Waals surface area contributed by atoms with Crippen LogP contribution in [0.1, 0.15) is 226 Å². The summed E-state index contributed by atoms with van der Waals surface area (Å²) in [5.41, 5.74) is 11.0. The first-order valence-corrected chi connectivity index (χ1v) is 39.7. The highest BCUT2D eigenvalue weighted by Crippen LogP contribution is 2.68. The SMILES string of the molecule is CCCCCCCCOc1ccc(C2(c3ccc(OCCCCCCCC)cc3)c3cc4c(cc3-c3sc5ccsc5c32)C(c2ccc(OCCCCCCCC)cc2)(c2ccc(OCCCCCCCC)cc2)c2c-4sc3cc(-c4c(F)c(F)cc5nsnc45)sc23)cc1. The van der Waals surface area contributed by atoms with Crippen molar-refractivity contribution in [1.29, 1.82) is 0 Å². The predicted molar refractivity (Wildman–Crippen MR) is 399 cm³/mol. The van der Waals surface area contributed by atoms with E-state index in [-0.39, 0.29) is 5.56 Å². The van der Waals surface area contributed by atoms with E-state index in [0.29, 0.717) is 42.3 Å². The first-order valence-electron chi connectivity index (χ1n) is 35.6. The molecule has 0 N–H and O–H groups in total. The molecule has 0 aliphatic heterocycles. The van der Waals surface area contributed by atoms with Gasteiger partial charge in [0.2, 0.25) is 0 Å². The summed E-state index contributed by atoms with van der Waals surface area (Å²) in [5, 5.41) is 2.26. The van der Waals surface area contributed by atoms with Crippen molar-refractivity contribution in [2.75, 3.05) is 26.4 Å². The lowest BCUT2D eigenvalue weighted by Crippen LogP contribution is -2.30. The van der Waals surface area contributed by atoms with Crippen molar-refractivity contribution in [1.82, 2.24) is 8.75 Å². The molecule has 6 nitrogen and oxygen atoms in total. The molecule has 0 unspecified atom stereocenters. The fourth-order valence-electron chi connectivity index (χ4n) is 14.9. The number of unbranched alkanes of at least 4 members (excludes halogenated alkanes) is 20. The van der Waals surface area contributed by atoms with Crippen molar-refractivity contribution in [2.45, 2.75) is 193 Å². The van der Waals surface area contributed by atoms with Crippen molar-refractivity contribution in [3.05, 3.63) is 189 Å².